The third-order valence-corrected chi connectivity index (χ3v) is 5.31. The number of nitrogens with zero attached hydrogens (tertiary/aromatic N) is 2. The van der Waals surface area contributed by atoms with Crippen molar-refractivity contribution >= 4 is 11.5 Å². The van der Waals surface area contributed by atoms with Crippen LogP contribution in [0.1, 0.15) is 52.9 Å². The summed E-state index contributed by atoms with van der Waals surface area (Å²) in [6.45, 7) is 2.05. The zero-order chi connectivity index (χ0) is 13.9. The second-order valence-electron chi connectivity index (χ2n) is 5.59. The van der Waals surface area contributed by atoms with Gasteiger partial charge in [0.25, 0.3) is 0 Å². The maximum atomic E-state index is 4.15. The normalized spacial score (nSPS) is 19.6. The molecule has 0 amide bonds. The van der Waals surface area contributed by atoms with E-state index in [1.54, 1.807) is 5.56 Å². The number of rotatable bonds is 4. The number of aromatic nitrogens is 2. The molecule has 0 spiro atoms. The molecule has 0 saturated carbocycles. The van der Waals surface area contributed by atoms with E-state index in [1.165, 1.54) is 41.2 Å². The van der Waals surface area contributed by atoms with E-state index < -0.39 is 0 Å². The summed E-state index contributed by atoms with van der Waals surface area (Å²) in [6, 6.07) is 9.30. The van der Waals surface area contributed by atoms with Gasteiger partial charge in [0.1, 0.15) is 0 Å². The summed E-state index contributed by atoms with van der Waals surface area (Å²) in [7, 11) is 2.04. The second kappa shape index (κ2) is 6.02. The molecule has 2 unspecified atom stereocenters. The van der Waals surface area contributed by atoms with E-state index in [4.69, 9.17) is 0 Å². The molecule has 0 fully saturated rings. The van der Waals surface area contributed by atoms with Crippen LogP contribution in [0.2, 0.25) is 0 Å². The lowest BCUT2D eigenvalue weighted by Crippen LogP contribution is -2.21. The molecule has 0 bridgehead atoms. The van der Waals surface area contributed by atoms with Crippen LogP contribution in [0.25, 0.3) is 0 Å². The number of hydrogen-bond donors (Lipinski definition) is 1. The SMILES string of the molecule is CNC(CC1CCCc2ccccc21)c1snnc1C. The van der Waals surface area contributed by atoms with Crippen LogP contribution in [-0.4, -0.2) is 16.6 Å². The van der Waals surface area contributed by atoms with Crippen molar-refractivity contribution in [3.8, 4) is 0 Å². The van der Waals surface area contributed by atoms with Crippen LogP contribution in [0.5, 0.6) is 0 Å². The summed E-state index contributed by atoms with van der Waals surface area (Å²) < 4.78 is 4.08. The quantitative estimate of drug-likeness (QED) is 0.933. The fourth-order valence-electron chi connectivity index (χ4n) is 3.30. The molecule has 2 aromatic rings. The van der Waals surface area contributed by atoms with Gasteiger partial charge in [0.2, 0.25) is 0 Å². The Labute approximate surface area is 124 Å². The van der Waals surface area contributed by atoms with Gasteiger partial charge in [-0.1, -0.05) is 28.8 Å². The Morgan fingerprint density at radius 1 is 1.40 bits per heavy atom. The first-order chi connectivity index (χ1) is 9.79. The summed E-state index contributed by atoms with van der Waals surface area (Å²) in [4.78, 5) is 1.29. The number of nitrogens with one attached hydrogen (secondary N) is 1. The van der Waals surface area contributed by atoms with Gasteiger partial charge in [-0.25, -0.2) is 0 Å². The van der Waals surface area contributed by atoms with Gasteiger partial charge in [0, 0.05) is 6.04 Å². The predicted octanol–water partition coefficient (Wildman–Crippen LogP) is 3.62. The Kier molecular flexibility index (Phi) is 4.13. The fraction of sp³-hybridized carbons (Fsp3) is 0.500. The van der Waals surface area contributed by atoms with Crippen LogP contribution in [0.4, 0.5) is 0 Å². The maximum absolute atomic E-state index is 4.15. The molecule has 0 aliphatic heterocycles. The van der Waals surface area contributed by atoms with Gasteiger partial charge >= 0.3 is 0 Å². The van der Waals surface area contributed by atoms with Crippen LogP contribution in [-0.2, 0) is 6.42 Å². The standard InChI is InChI=1S/C16H21N3S/c1-11-16(20-19-18-11)15(17-2)10-13-8-5-7-12-6-3-4-9-14(12)13/h3-4,6,9,13,15,17H,5,7-8,10H2,1-2H3. The topological polar surface area (TPSA) is 37.8 Å². The lowest BCUT2D eigenvalue weighted by molar-refractivity contribution is 0.442. The molecule has 106 valence electrons. The highest BCUT2D eigenvalue weighted by atomic mass is 32.1. The van der Waals surface area contributed by atoms with Gasteiger partial charge in [0.05, 0.1) is 10.6 Å². The lowest BCUT2D eigenvalue weighted by atomic mass is 9.79. The van der Waals surface area contributed by atoms with Crippen LogP contribution < -0.4 is 5.32 Å². The molecular formula is C16H21N3S. The summed E-state index contributed by atoms with van der Waals surface area (Å²) >= 11 is 1.53. The Balaban J connectivity index is 1.82. The molecular weight excluding hydrogens is 266 g/mol. The van der Waals surface area contributed by atoms with Gasteiger partial charge in [-0.15, -0.1) is 5.10 Å². The van der Waals surface area contributed by atoms with Crippen molar-refractivity contribution in [3.05, 3.63) is 46.0 Å². The van der Waals surface area contributed by atoms with E-state index >= 15 is 0 Å². The van der Waals surface area contributed by atoms with Crippen molar-refractivity contribution in [3.63, 3.8) is 0 Å². The highest BCUT2D eigenvalue weighted by molar-refractivity contribution is 7.05. The minimum Gasteiger partial charge on any atom is -0.312 e. The molecule has 3 nitrogen and oxygen atoms in total. The Morgan fingerprint density at radius 3 is 3.00 bits per heavy atom. The van der Waals surface area contributed by atoms with E-state index in [-0.39, 0.29) is 0 Å². The zero-order valence-corrected chi connectivity index (χ0v) is 12.9. The van der Waals surface area contributed by atoms with E-state index in [9.17, 15) is 0 Å². The van der Waals surface area contributed by atoms with Crippen LogP contribution >= 0.6 is 11.5 Å². The molecule has 1 heterocycles. The highest BCUT2D eigenvalue weighted by Gasteiger charge is 2.25. The van der Waals surface area contributed by atoms with Gasteiger partial charge < -0.3 is 5.32 Å². The van der Waals surface area contributed by atoms with Crippen LogP contribution in [0.15, 0.2) is 24.3 Å². The smallest absolute Gasteiger partial charge is 0.0772 e. The van der Waals surface area contributed by atoms with Gasteiger partial charge in [-0.3, -0.25) is 0 Å². The maximum Gasteiger partial charge on any atom is 0.0772 e. The van der Waals surface area contributed by atoms with Crippen molar-refractivity contribution in [2.75, 3.05) is 7.05 Å². The van der Waals surface area contributed by atoms with Gasteiger partial charge in [-0.05, 0) is 68.2 Å². The first-order valence-electron chi connectivity index (χ1n) is 7.33. The molecule has 1 aromatic heterocycles. The van der Waals surface area contributed by atoms with E-state index in [0.717, 1.165) is 12.1 Å². The number of hydrogen-bond acceptors (Lipinski definition) is 4. The van der Waals surface area contributed by atoms with E-state index in [2.05, 4.69) is 46.1 Å². The average Bonchev–Trinajstić information content (AvgIpc) is 2.91. The lowest BCUT2D eigenvalue weighted by Gasteiger charge is -2.28. The molecule has 1 aliphatic rings. The van der Waals surface area contributed by atoms with Crippen molar-refractivity contribution in [2.24, 2.45) is 0 Å². The molecule has 1 N–H and O–H groups in total. The monoisotopic (exact) mass is 287 g/mol. The van der Waals surface area contributed by atoms with Crippen molar-refractivity contribution in [1.82, 2.24) is 14.9 Å². The fourth-order valence-corrected chi connectivity index (χ4v) is 4.06. The molecule has 1 aliphatic carbocycles. The summed E-state index contributed by atoms with van der Waals surface area (Å²) in [5.41, 5.74) is 4.16. The van der Waals surface area contributed by atoms with Crippen molar-refractivity contribution in [2.45, 2.75) is 44.6 Å². The van der Waals surface area contributed by atoms with Gasteiger partial charge in [0.15, 0.2) is 0 Å². The van der Waals surface area contributed by atoms with Crippen molar-refractivity contribution in [1.29, 1.82) is 0 Å². The predicted molar refractivity (Wildman–Crippen MR) is 83.2 cm³/mol. The molecule has 3 rings (SSSR count). The molecule has 4 heteroatoms. The van der Waals surface area contributed by atoms with Crippen LogP contribution in [0, 0.1) is 6.92 Å². The average molecular weight is 287 g/mol. The molecule has 2 atom stereocenters. The number of aryl methyl sites for hydroxylation is 2. The Hall–Kier alpha value is -1.26. The summed E-state index contributed by atoms with van der Waals surface area (Å²) in [5, 5.41) is 7.61. The summed E-state index contributed by atoms with van der Waals surface area (Å²) in [6.07, 6.45) is 4.97. The zero-order valence-electron chi connectivity index (χ0n) is 12.1. The number of benzene rings is 1. The largest absolute Gasteiger partial charge is 0.312 e. The minimum atomic E-state index is 0.367. The Bertz CT molecular complexity index is 579. The first kappa shape index (κ1) is 13.7. The third kappa shape index (κ3) is 2.63. The van der Waals surface area contributed by atoms with Crippen LogP contribution in [0.3, 0.4) is 0 Å². The molecule has 0 saturated heterocycles. The number of fused-ring (bicyclic) bond motifs is 1. The highest BCUT2D eigenvalue weighted by Crippen LogP contribution is 2.38. The van der Waals surface area contributed by atoms with E-state index in [0.29, 0.717) is 12.0 Å². The second-order valence-corrected chi connectivity index (χ2v) is 6.37. The van der Waals surface area contributed by atoms with Crippen molar-refractivity contribution < 1.29 is 0 Å². The Morgan fingerprint density at radius 2 is 2.25 bits per heavy atom. The third-order valence-electron chi connectivity index (χ3n) is 4.37. The van der Waals surface area contributed by atoms with Gasteiger partial charge in [-0.2, -0.15) is 0 Å². The first-order valence-corrected chi connectivity index (χ1v) is 8.11. The minimum absolute atomic E-state index is 0.367. The molecule has 0 radical (unpaired) electrons. The molecule has 1 aromatic carbocycles. The summed E-state index contributed by atoms with van der Waals surface area (Å²) in [5.74, 6) is 0.652. The van der Waals surface area contributed by atoms with E-state index in [1.807, 2.05) is 7.05 Å². The molecule has 20 heavy (non-hydrogen) atoms.